The van der Waals surface area contributed by atoms with Crippen LogP contribution in [-0.4, -0.2) is 58.2 Å². The Morgan fingerprint density at radius 3 is 2.19 bits per heavy atom. The Kier molecular flexibility index (Phi) is 5.85. The number of nitrogens with one attached hydrogen (secondary N) is 3. The molecule has 0 unspecified atom stereocenters. The third kappa shape index (κ3) is 4.42. The standard InChI is InChI=1S/C25H31N5O/c1-2-3-13-31-23-11-9-21(10-12-23)14-26-27-24(22-7-5-4-6-8-22)25-15-28-18-29(16-25)20-30(17-25)19-28/h4-12,14H,2-3,13,15-20H2,1H3/p+3/b26-14-,27-24+. The molecule has 0 spiro atoms. The molecule has 6 rings (SSSR count). The zero-order valence-corrected chi connectivity index (χ0v) is 18.4. The van der Waals surface area contributed by atoms with Crippen molar-refractivity contribution in [2.24, 2.45) is 15.6 Å². The summed E-state index contributed by atoms with van der Waals surface area (Å²) >= 11 is 0. The molecule has 4 heterocycles. The van der Waals surface area contributed by atoms with E-state index >= 15 is 0 Å². The van der Waals surface area contributed by atoms with E-state index in [2.05, 4.69) is 54.5 Å². The van der Waals surface area contributed by atoms with E-state index in [0.29, 0.717) is 0 Å². The van der Waals surface area contributed by atoms with Crippen molar-refractivity contribution in [1.29, 1.82) is 0 Å². The lowest BCUT2D eigenvalue weighted by Crippen LogP contribution is -3.56. The van der Waals surface area contributed by atoms with E-state index in [1.54, 1.807) is 14.7 Å². The Morgan fingerprint density at radius 2 is 1.58 bits per heavy atom. The van der Waals surface area contributed by atoms with Gasteiger partial charge in [0.05, 0.1) is 18.5 Å². The van der Waals surface area contributed by atoms with Crippen LogP contribution in [-0.2, 0) is 0 Å². The van der Waals surface area contributed by atoms with E-state index in [-0.39, 0.29) is 5.41 Å². The fourth-order valence-electron chi connectivity index (χ4n) is 5.70. The lowest BCUT2D eigenvalue weighted by atomic mass is 9.74. The maximum absolute atomic E-state index is 5.76. The Balaban J connectivity index is 1.38. The molecule has 6 nitrogen and oxygen atoms in total. The van der Waals surface area contributed by atoms with Crippen molar-refractivity contribution in [1.82, 2.24) is 0 Å². The number of rotatable bonds is 8. The molecule has 0 amide bonds. The van der Waals surface area contributed by atoms with Gasteiger partial charge in [0.25, 0.3) is 0 Å². The minimum Gasteiger partial charge on any atom is -0.494 e. The van der Waals surface area contributed by atoms with Gasteiger partial charge in [-0.25, -0.2) is 14.7 Å². The second-order valence-corrected chi connectivity index (χ2v) is 9.42. The first-order valence-corrected chi connectivity index (χ1v) is 11.6. The van der Waals surface area contributed by atoms with Gasteiger partial charge in [0.2, 0.25) is 20.0 Å². The van der Waals surface area contributed by atoms with Gasteiger partial charge in [-0.15, -0.1) is 0 Å². The number of unbranched alkanes of at least 4 members (excludes halogenated alkanes) is 1. The van der Waals surface area contributed by atoms with Crippen molar-refractivity contribution < 1.29 is 19.4 Å². The highest BCUT2D eigenvalue weighted by molar-refractivity contribution is 6.05. The number of hydrogen-bond acceptors (Lipinski definition) is 3. The maximum atomic E-state index is 5.76. The maximum Gasteiger partial charge on any atom is 0.213 e. The van der Waals surface area contributed by atoms with Crippen LogP contribution in [0.5, 0.6) is 5.75 Å². The van der Waals surface area contributed by atoms with Gasteiger partial charge in [-0.1, -0.05) is 43.7 Å². The first-order chi connectivity index (χ1) is 15.2. The minimum absolute atomic E-state index is 0.115. The zero-order valence-electron chi connectivity index (χ0n) is 18.4. The molecule has 2 aromatic carbocycles. The molecule has 0 aromatic heterocycles. The molecular formula is C25H34N5O+3. The van der Waals surface area contributed by atoms with Crippen LogP contribution in [0.25, 0.3) is 0 Å². The van der Waals surface area contributed by atoms with Crippen molar-refractivity contribution in [3.05, 3.63) is 65.7 Å². The van der Waals surface area contributed by atoms with E-state index in [9.17, 15) is 0 Å². The number of hydrogen-bond donors (Lipinski definition) is 3. The number of benzene rings is 2. The molecule has 4 bridgehead atoms. The Hall–Kier alpha value is -2.54. The normalized spacial score (nSPS) is 29.6. The van der Waals surface area contributed by atoms with Crippen molar-refractivity contribution >= 4 is 11.9 Å². The van der Waals surface area contributed by atoms with Gasteiger partial charge in [-0.3, -0.25) is 0 Å². The molecule has 162 valence electrons. The van der Waals surface area contributed by atoms with E-state index in [1.807, 2.05) is 18.3 Å². The molecule has 31 heavy (non-hydrogen) atoms. The van der Waals surface area contributed by atoms with Crippen LogP contribution >= 0.6 is 0 Å². The lowest BCUT2D eigenvalue weighted by Gasteiger charge is -2.52. The van der Waals surface area contributed by atoms with Crippen molar-refractivity contribution in [2.75, 3.05) is 46.2 Å². The molecule has 0 saturated carbocycles. The molecule has 4 fully saturated rings. The highest BCUT2D eigenvalue weighted by atomic mass is 16.5. The average molecular weight is 421 g/mol. The number of quaternary nitrogens is 3. The first kappa shape index (κ1) is 20.4. The molecule has 0 atom stereocenters. The number of nitrogens with zero attached hydrogens (tertiary/aromatic N) is 2. The Morgan fingerprint density at radius 1 is 0.935 bits per heavy atom. The summed E-state index contributed by atoms with van der Waals surface area (Å²) in [6.45, 7) is 10.2. The molecule has 6 heteroatoms. The predicted octanol–water partition coefficient (Wildman–Crippen LogP) is -0.757. The van der Waals surface area contributed by atoms with E-state index < -0.39 is 0 Å². The van der Waals surface area contributed by atoms with Crippen LogP contribution in [0.3, 0.4) is 0 Å². The SMILES string of the molecule is CCCCOc1ccc(/C=N\N=C(/c2ccccc2)C23C[NH+]4C[NH+](C[NH+](C4)C2)C3)cc1. The smallest absolute Gasteiger partial charge is 0.213 e. The van der Waals surface area contributed by atoms with Crippen LogP contribution in [0.15, 0.2) is 64.8 Å². The summed E-state index contributed by atoms with van der Waals surface area (Å²) in [6.07, 6.45) is 4.10. The summed E-state index contributed by atoms with van der Waals surface area (Å²) < 4.78 is 5.76. The van der Waals surface area contributed by atoms with Crippen LogP contribution in [0.1, 0.15) is 30.9 Å². The van der Waals surface area contributed by atoms with Gasteiger partial charge in [0.15, 0.2) is 5.41 Å². The Bertz CT molecular complexity index is 903. The summed E-state index contributed by atoms with van der Waals surface area (Å²) in [6, 6.07) is 18.8. The number of ether oxygens (including phenoxy) is 1. The van der Waals surface area contributed by atoms with Crippen molar-refractivity contribution in [2.45, 2.75) is 19.8 Å². The highest BCUT2D eigenvalue weighted by Crippen LogP contribution is 2.23. The molecule has 3 N–H and O–H groups in total. The van der Waals surface area contributed by atoms with Gasteiger partial charge in [-0.05, 0) is 41.8 Å². The van der Waals surface area contributed by atoms with Crippen LogP contribution < -0.4 is 19.4 Å². The molecule has 0 radical (unpaired) electrons. The summed E-state index contributed by atoms with van der Waals surface area (Å²) in [4.78, 5) is 5.13. The van der Waals surface area contributed by atoms with Crippen LogP contribution in [0, 0.1) is 5.41 Å². The Labute approximate surface area is 184 Å². The largest absolute Gasteiger partial charge is 0.494 e. The minimum atomic E-state index is 0.115. The molecular weight excluding hydrogens is 386 g/mol. The predicted molar refractivity (Wildman–Crippen MR) is 122 cm³/mol. The topological polar surface area (TPSA) is 47.3 Å². The van der Waals surface area contributed by atoms with E-state index in [0.717, 1.165) is 36.5 Å². The monoisotopic (exact) mass is 420 g/mol. The quantitative estimate of drug-likeness (QED) is 0.294. The summed E-state index contributed by atoms with van der Waals surface area (Å²) in [5.74, 6) is 0.915. The third-order valence-corrected chi connectivity index (χ3v) is 6.83. The van der Waals surface area contributed by atoms with Gasteiger partial charge >= 0.3 is 0 Å². The zero-order chi connectivity index (χ0) is 21.1. The van der Waals surface area contributed by atoms with Gasteiger partial charge in [0, 0.05) is 0 Å². The first-order valence-electron chi connectivity index (χ1n) is 11.6. The summed E-state index contributed by atoms with van der Waals surface area (Å²) in [7, 11) is 0. The third-order valence-electron chi connectivity index (χ3n) is 6.83. The van der Waals surface area contributed by atoms with Gasteiger partial charge < -0.3 is 4.74 Å². The second kappa shape index (κ2) is 8.91. The molecule has 0 aliphatic carbocycles. The molecule has 4 saturated heterocycles. The fraction of sp³-hybridized carbons (Fsp3) is 0.440. The average Bonchev–Trinajstić information content (AvgIpc) is 2.77. The summed E-state index contributed by atoms with van der Waals surface area (Å²) in [5.41, 5.74) is 3.53. The van der Waals surface area contributed by atoms with E-state index in [1.165, 1.54) is 45.2 Å². The molecule has 2 aromatic rings. The second-order valence-electron chi connectivity index (χ2n) is 9.42. The van der Waals surface area contributed by atoms with E-state index in [4.69, 9.17) is 9.84 Å². The molecule has 4 aliphatic rings. The summed E-state index contributed by atoms with van der Waals surface area (Å²) in [5, 5.41) is 9.45. The lowest BCUT2D eigenvalue weighted by molar-refractivity contribution is -1.30. The van der Waals surface area contributed by atoms with Crippen molar-refractivity contribution in [3.63, 3.8) is 0 Å². The van der Waals surface area contributed by atoms with Crippen LogP contribution in [0.4, 0.5) is 0 Å². The van der Waals surface area contributed by atoms with Gasteiger partial charge in [-0.2, -0.15) is 10.2 Å². The van der Waals surface area contributed by atoms with Gasteiger partial charge in [0.1, 0.15) is 25.4 Å². The van der Waals surface area contributed by atoms with Crippen LogP contribution in [0.2, 0.25) is 0 Å². The van der Waals surface area contributed by atoms with Crippen molar-refractivity contribution in [3.8, 4) is 5.75 Å². The molecule has 4 aliphatic heterocycles. The highest BCUT2D eigenvalue weighted by Gasteiger charge is 2.60. The fourth-order valence-corrected chi connectivity index (χ4v) is 5.70.